The Morgan fingerprint density at radius 2 is 1.31 bits per heavy atom. The molecule has 3 rings (SSSR count). The molecule has 0 saturated heterocycles. The van der Waals surface area contributed by atoms with Crippen molar-refractivity contribution < 1.29 is 9.47 Å². The Kier molecular flexibility index (Phi) is 21.7. The molecule has 0 spiro atoms. The van der Waals surface area contributed by atoms with E-state index in [-0.39, 0.29) is 24.1 Å². The number of allylic oxidation sites excluding steroid dienone is 10. The first-order chi connectivity index (χ1) is 28.1. The summed E-state index contributed by atoms with van der Waals surface area (Å²) >= 11 is 0. The second kappa shape index (κ2) is 26.1. The number of hydrogen-bond donors (Lipinski definition) is 2. The molecule has 0 aliphatic heterocycles. The zero-order valence-corrected chi connectivity index (χ0v) is 38.5. The van der Waals surface area contributed by atoms with Gasteiger partial charge in [-0.25, -0.2) is 4.79 Å². The quantitative estimate of drug-likeness (QED) is 0.0555. The van der Waals surface area contributed by atoms with Gasteiger partial charge in [-0.15, -0.1) is 0 Å². The number of hydrogen-bond acceptors (Lipinski definition) is 7. The van der Waals surface area contributed by atoms with Gasteiger partial charge >= 0.3 is 11.7 Å². The monoisotopic (exact) mass is 811 g/mol. The molecule has 2 heterocycles. The first kappa shape index (κ1) is 49.2. The third-order valence-corrected chi connectivity index (χ3v) is 11.1. The summed E-state index contributed by atoms with van der Waals surface area (Å²) in [5.41, 5.74) is 16.7. The van der Waals surface area contributed by atoms with Crippen molar-refractivity contribution in [2.24, 2.45) is 5.41 Å². The molecule has 0 amide bonds. The lowest BCUT2D eigenvalue weighted by Crippen LogP contribution is -2.21. The number of nitrogens with two attached hydrogens (primary N) is 1. The fourth-order valence-corrected chi connectivity index (χ4v) is 7.33. The molecular formula is C50H78N6O3. The summed E-state index contributed by atoms with van der Waals surface area (Å²) < 4.78 is 12.2. The normalized spacial score (nSPS) is 13.2. The summed E-state index contributed by atoms with van der Waals surface area (Å²) in [5.74, 6) is 0.174. The van der Waals surface area contributed by atoms with E-state index in [1.807, 2.05) is 0 Å². The van der Waals surface area contributed by atoms with Crippen molar-refractivity contribution in [3.05, 3.63) is 104 Å². The maximum absolute atomic E-state index is 12.8. The molecule has 0 aliphatic rings. The number of rotatable bonds is 28. The van der Waals surface area contributed by atoms with Crippen LogP contribution >= 0.6 is 0 Å². The van der Waals surface area contributed by atoms with Crippen LogP contribution in [0.15, 0.2) is 87.3 Å². The van der Waals surface area contributed by atoms with Gasteiger partial charge in [-0.2, -0.15) is 9.97 Å². The molecule has 326 valence electrons. The molecule has 0 radical (unpaired) electrons. The minimum absolute atomic E-state index is 0.120. The molecule has 2 aromatic heterocycles. The summed E-state index contributed by atoms with van der Waals surface area (Å²) in [6, 6.07) is 8.55. The maximum atomic E-state index is 12.8. The van der Waals surface area contributed by atoms with E-state index >= 15 is 0 Å². The van der Waals surface area contributed by atoms with E-state index in [1.165, 1.54) is 78.4 Å². The zero-order valence-electron chi connectivity index (χ0n) is 38.5. The fraction of sp³-hybridized carbons (Fsp3) is 0.580. The van der Waals surface area contributed by atoms with Crippen LogP contribution in [-0.2, 0) is 17.8 Å². The van der Waals surface area contributed by atoms with E-state index < -0.39 is 0 Å². The smallest absolute Gasteiger partial charge is 0.328 e. The number of anilines is 1. The van der Waals surface area contributed by atoms with Crippen molar-refractivity contribution in [1.29, 1.82) is 0 Å². The van der Waals surface area contributed by atoms with E-state index in [0.29, 0.717) is 29.7 Å². The Balaban J connectivity index is 1.31. The second-order valence-corrected chi connectivity index (χ2v) is 17.8. The Labute approximate surface area is 357 Å². The van der Waals surface area contributed by atoms with Crippen molar-refractivity contribution in [2.45, 2.75) is 152 Å². The van der Waals surface area contributed by atoms with Crippen molar-refractivity contribution in [2.75, 3.05) is 39.6 Å². The minimum Gasteiger partial charge on any atom is -0.461 e. The molecule has 0 atom stereocenters. The van der Waals surface area contributed by atoms with Gasteiger partial charge in [-0.3, -0.25) is 4.57 Å². The van der Waals surface area contributed by atoms with Gasteiger partial charge in [0.25, 0.3) is 0 Å². The van der Waals surface area contributed by atoms with Crippen molar-refractivity contribution in [3.8, 4) is 6.01 Å². The van der Waals surface area contributed by atoms with Gasteiger partial charge in [-0.1, -0.05) is 96.4 Å². The summed E-state index contributed by atoms with van der Waals surface area (Å²) in [4.78, 5) is 26.6. The standard InChI is InChI=1S/C50H78N6O3/c1-38(2)18-13-21-41(5)24-14-22-39(3)19-11-12-20-40(4)23-15-25-42(6)26-16-31-50(7,8)32-17-33-55(9)36-43-27-29-44(30-28-43)37-56-47-45(52-49(56)57)46(51)53-48(54-47)59-35-34-58-10/h18-20,24-25,27-30H,11-17,21-23,26,31-37H2,1-10H3,(H,52,57)(H2,51,53,54)/b39-19+,40-20+,41-24+,42-25+. The number of unbranched alkanes of at least 4 members (excludes halogenated alkanes) is 1. The number of nitrogens with zero attached hydrogens (tertiary/aromatic N) is 4. The molecule has 0 saturated carbocycles. The lowest BCUT2D eigenvalue weighted by molar-refractivity contribution is 0.141. The van der Waals surface area contributed by atoms with E-state index in [9.17, 15) is 4.79 Å². The van der Waals surface area contributed by atoms with Gasteiger partial charge in [-0.05, 0) is 155 Å². The first-order valence-corrected chi connectivity index (χ1v) is 22.1. The number of benzene rings is 1. The molecule has 59 heavy (non-hydrogen) atoms. The van der Waals surface area contributed by atoms with Gasteiger partial charge in [0.2, 0.25) is 0 Å². The van der Waals surface area contributed by atoms with Crippen LogP contribution in [0.1, 0.15) is 150 Å². The zero-order chi connectivity index (χ0) is 43.2. The Morgan fingerprint density at radius 1 is 0.763 bits per heavy atom. The first-order valence-electron chi connectivity index (χ1n) is 22.1. The molecule has 0 aliphatic carbocycles. The molecular weight excluding hydrogens is 733 g/mol. The fourth-order valence-electron chi connectivity index (χ4n) is 7.33. The lowest BCUT2D eigenvalue weighted by atomic mass is 9.82. The van der Waals surface area contributed by atoms with E-state index in [1.54, 1.807) is 11.7 Å². The number of ether oxygens (including phenoxy) is 2. The third-order valence-electron chi connectivity index (χ3n) is 11.1. The predicted molar refractivity (Wildman–Crippen MR) is 250 cm³/mol. The maximum Gasteiger partial charge on any atom is 0.328 e. The molecule has 3 N–H and O–H groups in total. The summed E-state index contributed by atoms with van der Waals surface area (Å²) in [7, 11) is 3.79. The Morgan fingerprint density at radius 3 is 1.90 bits per heavy atom. The van der Waals surface area contributed by atoms with Crippen LogP contribution < -0.4 is 16.2 Å². The van der Waals surface area contributed by atoms with Gasteiger partial charge < -0.3 is 25.1 Å². The average Bonchev–Trinajstić information content (AvgIpc) is 3.48. The highest BCUT2D eigenvalue weighted by Gasteiger charge is 2.18. The van der Waals surface area contributed by atoms with Crippen molar-refractivity contribution in [1.82, 2.24) is 24.4 Å². The van der Waals surface area contributed by atoms with Gasteiger partial charge in [0.1, 0.15) is 12.1 Å². The lowest BCUT2D eigenvalue weighted by Gasteiger charge is -2.26. The number of nitrogens with one attached hydrogen (secondary N) is 1. The van der Waals surface area contributed by atoms with Crippen LogP contribution in [0.25, 0.3) is 11.2 Å². The van der Waals surface area contributed by atoms with Crippen LogP contribution in [0, 0.1) is 5.41 Å². The second-order valence-electron chi connectivity index (χ2n) is 17.8. The van der Waals surface area contributed by atoms with Gasteiger partial charge in [0.05, 0.1) is 13.2 Å². The molecule has 1 aromatic carbocycles. The van der Waals surface area contributed by atoms with Crippen LogP contribution in [0.5, 0.6) is 6.01 Å². The number of methoxy groups -OCH3 is 1. The SMILES string of the molecule is COCCOc1nc(N)c2[nH]c(=O)n(Cc3ccc(CN(C)CCCC(C)(C)CCC/C(C)=C/CC/C(C)=C/CC/C=C(\C)CC/C=C(\C)CCC=C(C)C)cc3)c2n1. The molecule has 9 nitrogen and oxygen atoms in total. The highest BCUT2D eigenvalue weighted by Crippen LogP contribution is 2.30. The van der Waals surface area contributed by atoms with E-state index in [2.05, 4.69) is 137 Å². The van der Waals surface area contributed by atoms with Crippen LogP contribution in [0.3, 0.4) is 0 Å². The Bertz CT molecular complexity index is 1920. The number of aromatic nitrogens is 4. The van der Waals surface area contributed by atoms with E-state index in [4.69, 9.17) is 15.2 Å². The van der Waals surface area contributed by atoms with Crippen LogP contribution in [0.2, 0.25) is 0 Å². The Hall–Kier alpha value is -4.21. The number of fused-ring (bicyclic) bond motifs is 1. The summed E-state index contributed by atoms with van der Waals surface area (Å²) in [6.07, 6.45) is 27.4. The third kappa shape index (κ3) is 19.6. The molecule has 0 bridgehead atoms. The van der Waals surface area contributed by atoms with E-state index in [0.717, 1.165) is 57.2 Å². The van der Waals surface area contributed by atoms with Crippen LogP contribution in [0.4, 0.5) is 5.82 Å². The van der Waals surface area contributed by atoms with Gasteiger partial charge in [0, 0.05) is 13.7 Å². The molecule has 0 unspecified atom stereocenters. The molecule has 0 fully saturated rings. The average molecular weight is 811 g/mol. The largest absolute Gasteiger partial charge is 0.461 e. The molecule has 9 heteroatoms. The number of nitrogen functional groups attached to an aromatic ring is 1. The number of H-pyrrole nitrogens is 1. The topological polar surface area (TPSA) is 111 Å². The predicted octanol–water partition coefficient (Wildman–Crippen LogP) is 12.1. The highest BCUT2D eigenvalue weighted by atomic mass is 16.5. The van der Waals surface area contributed by atoms with Crippen molar-refractivity contribution >= 4 is 17.0 Å². The van der Waals surface area contributed by atoms with Crippen molar-refractivity contribution in [3.63, 3.8) is 0 Å². The summed E-state index contributed by atoms with van der Waals surface area (Å²) in [6.45, 7) is 21.3. The number of imidazole rings is 1. The molecule has 3 aromatic rings. The number of aromatic amines is 1. The van der Waals surface area contributed by atoms with Gasteiger partial charge in [0.15, 0.2) is 11.5 Å². The summed E-state index contributed by atoms with van der Waals surface area (Å²) in [5, 5.41) is 0. The minimum atomic E-state index is -0.289. The van der Waals surface area contributed by atoms with Crippen LogP contribution in [-0.4, -0.2) is 58.3 Å². The highest BCUT2D eigenvalue weighted by molar-refractivity contribution is 5.81.